The molecule has 1 heterocycles. The van der Waals surface area contributed by atoms with Crippen molar-refractivity contribution in [3.8, 4) is 11.8 Å². The summed E-state index contributed by atoms with van der Waals surface area (Å²) in [5.74, 6) is 6.44. The monoisotopic (exact) mass is 238 g/mol. The smallest absolute Gasteiger partial charge is 0.0705 e. The van der Waals surface area contributed by atoms with Gasteiger partial charge in [-0.05, 0) is 37.1 Å². The Balaban J connectivity index is 2.03. The van der Waals surface area contributed by atoms with Gasteiger partial charge in [-0.2, -0.15) is 0 Å². The predicted molar refractivity (Wildman–Crippen MR) is 76.1 cm³/mol. The zero-order valence-electron chi connectivity index (χ0n) is 10.5. The summed E-state index contributed by atoms with van der Waals surface area (Å²) < 4.78 is 0. The minimum atomic E-state index is 0.761. The fourth-order valence-electron chi connectivity index (χ4n) is 1.91. The summed E-state index contributed by atoms with van der Waals surface area (Å²) in [6.45, 7) is 0.761. The number of nitrogens with zero attached hydrogens (tertiary/aromatic N) is 1. The van der Waals surface area contributed by atoms with E-state index in [-0.39, 0.29) is 0 Å². The first-order valence-corrected chi connectivity index (χ1v) is 6.40. The van der Waals surface area contributed by atoms with Crippen molar-refractivity contribution in [1.82, 2.24) is 4.98 Å². The van der Waals surface area contributed by atoms with Gasteiger partial charge < -0.3 is 5.73 Å². The van der Waals surface area contributed by atoms with E-state index in [1.807, 2.05) is 24.4 Å². The van der Waals surface area contributed by atoms with Gasteiger partial charge in [0.1, 0.15) is 0 Å². The van der Waals surface area contributed by atoms with Crippen molar-refractivity contribution < 1.29 is 0 Å². The van der Waals surface area contributed by atoms with Crippen LogP contribution in [0, 0.1) is 11.8 Å². The fraction of sp³-hybridized carbons (Fsp3) is 0.312. The Labute approximate surface area is 108 Å². The van der Waals surface area contributed by atoms with Crippen LogP contribution in [0.2, 0.25) is 0 Å². The number of unbranched alkanes of at least 4 members (excludes halogenated alkanes) is 2. The van der Waals surface area contributed by atoms with Crippen LogP contribution in [0.15, 0.2) is 36.5 Å². The highest BCUT2D eigenvalue weighted by molar-refractivity contribution is 5.82. The summed E-state index contributed by atoms with van der Waals surface area (Å²) in [4.78, 5) is 4.35. The zero-order valence-corrected chi connectivity index (χ0v) is 10.5. The van der Waals surface area contributed by atoms with Crippen molar-refractivity contribution in [3.63, 3.8) is 0 Å². The van der Waals surface area contributed by atoms with Crippen LogP contribution in [-0.2, 0) is 6.42 Å². The van der Waals surface area contributed by atoms with Crippen LogP contribution in [0.5, 0.6) is 0 Å². The highest BCUT2D eigenvalue weighted by Gasteiger charge is 1.98. The van der Waals surface area contributed by atoms with Gasteiger partial charge in [-0.15, -0.1) is 5.92 Å². The number of nitrogens with two attached hydrogens (primary N) is 1. The molecule has 92 valence electrons. The van der Waals surface area contributed by atoms with E-state index in [1.54, 1.807) is 0 Å². The molecule has 2 N–H and O–H groups in total. The Kier molecular flexibility index (Phi) is 4.75. The molecule has 1 aromatic heterocycles. The van der Waals surface area contributed by atoms with Gasteiger partial charge in [0.15, 0.2) is 0 Å². The molecular weight excluding hydrogens is 220 g/mol. The Bertz CT molecular complexity index is 559. The summed E-state index contributed by atoms with van der Waals surface area (Å²) >= 11 is 0. The quantitative estimate of drug-likeness (QED) is 0.657. The van der Waals surface area contributed by atoms with Crippen molar-refractivity contribution in [2.24, 2.45) is 5.73 Å². The SMILES string of the molecule is NCCCCC#CCc1ccnc2ccccc12. The van der Waals surface area contributed by atoms with Gasteiger partial charge in [-0.25, -0.2) is 0 Å². The standard InChI is InChI=1S/C16H18N2/c17-12-7-3-1-2-4-8-14-11-13-18-16-10-6-5-9-15(14)16/h5-6,9-11,13H,1,3,7-8,12,17H2. The van der Waals surface area contributed by atoms with Crippen LogP contribution in [0.4, 0.5) is 0 Å². The lowest BCUT2D eigenvalue weighted by Crippen LogP contribution is -1.97. The van der Waals surface area contributed by atoms with Gasteiger partial charge in [0, 0.05) is 24.4 Å². The third-order valence-corrected chi connectivity index (χ3v) is 2.90. The average Bonchev–Trinajstić information content (AvgIpc) is 2.43. The number of rotatable bonds is 4. The molecule has 2 rings (SSSR count). The van der Waals surface area contributed by atoms with Crippen molar-refractivity contribution in [2.45, 2.75) is 25.7 Å². The van der Waals surface area contributed by atoms with Crippen molar-refractivity contribution in [1.29, 1.82) is 0 Å². The second kappa shape index (κ2) is 6.78. The molecule has 0 fully saturated rings. The van der Waals surface area contributed by atoms with Gasteiger partial charge in [0.25, 0.3) is 0 Å². The molecular formula is C16H18N2. The average molecular weight is 238 g/mol. The minimum absolute atomic E-state index is 0.761. The van der Waals surface area contributed by atoms with Crippen LogP contribution >= 0.6 is 0 Å². The number of aromatic nitrogens is 1. The van der Waals surface area contributed by atoms with Gasteiger partial charge >= 0.3 is 0 Å². The Morgan fingerprint density at radius 2 is 1.94 bits per heavy atom. The highest BCUT2D eigenvalue weighted by atomic mass is 14.6. The fourth-order valence-corrected chi connectivity index (χ4v) is 1.91. The predicted octanol–water partition coefficient (Wildman–Crippen LogP) is 2.91. The number of fused-ring (bicyclic) bond motifs is 1. The molecule has 0 atom stereocenters. The van der Waals surface area contributed by atoms with Gasteiger partial charge in [0.2, 0.25) is 0 Å². The Morgan fingerprint density at radius 1 is 1.06 bits per heavy atom. The summed E-state index contributed by atoms with van der Waals surface area (Å²) in [7, 11) is 0. The maximum atomic E-state index is 5.44. The van der Waals surface area contributed by atoms with Gasteiger partial charge in [0.05, 0.1) is 5.52 Å². The third-order valence-electron chi connectivity index (χ3n) is 2.90. The number of pyridine rings is 1. The Hall–Kier alpha value is -1.85. The molecule has 2 nitrogen and oxygen atoms in total. The molecule has 18 heavy (non-hydrogen) atoms. The first-order valence-electron chi connectivity index (χ1n) is 6.40. The van der Waals surface area contributed by atoms with Crippen LogP contribution in [0.1, 0.15) is 24.8 Å². The molecule has 0 amide bonds. The van der Waals surface area contributed by atoms with Crippen molar-refractivity contribution in [3.05, 3.63) is 42.1 Å². The molecule has 0 aliphatic rings. The molecule has 0 saturated heterocycles. The van der Waals surface area contributed by atoms with E-state index < -0.39 is 0 Å². The molecule has 2 heteroatoms. The molecule has 0 spiro atoms. The largest absolute Gasteiger partial charge is 0.330 e. The lowest BCUT2D eigenvalue weighted by atomic mass is 10.1. The molecule has 0 aliphatic carbocycles. The lowest BCUT2D eigenvalue weighted by molar-refractivity contribution is 0.767. The molecule has 1 aromatic carbocycles. The number of hydrogen-bond acceptors (Lipinski definition) is 2. The first-order chi connectivity index (χ1) is 8.92. The van der Waals surface area contributed by atoms with Crippen LogP contribution < -0.4 is 5.73 Å². The number of benzene rings is 1. The second-order valence-corrected chi connectivity index (χ2v) is 4.26. The molecule has 0 unspecified atom stereocenters. The summed E-state index contributed by atoms with van der Waals surface area (Å²) in [5.41, 5.74) is 7.74. The van der Waals surface area contributed by atoms with Crippen molar-refractivity contribution >= 4 is 10.9 Å². The molecule has 0 bridgehead atoms. The zero-order chi connectivity index (χ0) is 12.6. The van der Waals surface area contributed by atoms with E-state index in [0.717, 1.165) is 37.7 Å². The Morgan fingerprint density at radius 3 is 2.83 bits per heavy atom. The van der Waals surface area contributed by atoms with Crippen LogP contribution in [0.3, 0.4) is 0 Å². The van der Waals surface area contributed by atoms with Gasteiger partial charge in [-0.1, -0.05) is 24.1 Å². The number of para-hydroxylation sites is 1. The van der Waals surface area contributed by atoms with E-state index in [9.17, 15) is 0 Å². The van der Waals surface area contributed by atoms with E-state index >= 15 is 0 Å². The second-order valence-electron chi connectivity index (χ2n) is 4.26. The minimum Gasteiger partial charge on any atom is -0.330 e. The molecule has 0 aliphatic heterocycles. The van der Waals surface area contributed by atoms with E-state index in [0.29, 0.717) is 0 Å². The van der Waals surface area contributed by atoms with Gasteiger partial charge in [-0.3, -0.25) is 4.98 Å². The number of hydrogen-bond donors (Lipinski definition) is 1. The summed E-state index contributed by atoms with van der Waals surface area (Å²) in [6, 6.07) is 10.2. The highest BCUT2D eigenvalue weighted by Crippen LogP contribution is 2.16. The first kappa shape index (κ1) is 12.6. The van der Waals surface area contributed by atoms with E-state index in [1.165, 1.54) is 10.9 Å². The maximum absolute atomic E-state index is 5.44. The summed E-state index contributed by atoms with van der Waals surface area (Å²) in [5, 5.41) is 1.20. The molecule has 2 aromatic rings. The topological polar surface area (TPSA) is 38.9 Å². The van der Waals surface area contributed by atoms with E-state index in [4.69, 9.17) is 5.73 Å². The summed E-state index contributed by atoms with van der Waals surface area (Å²) in [6.07, 6.45) is 5.76. The normalized spacial score (nSPS) is 10.1. The maximum Gasteiger partial charge on any atom is 0.0705 e. The van der Waals surface area contributed by atoms with Crippen LogP contribution in [-0.4, -0.2) is 11.5 Å². The molecule has 0 saturated carbocycles. The van der Waals surface area contributed by atoms with Crippen molar-refractivity contribution in [2.75, 3.05) is 6.54 Å². The molecule has 0 radical (unpaired) electrons. The van der Waals surface area contributed by atoms with Crippen LogP contribution in [0.25, 0.3) is 10.9 Å². The lowest BCUT2D eigenvalue weighted by Gasteiger charge is -2.01. The third kappa shape index (κ3) is 3.32. The van der Waals surface area contributed by atoms with E-state index in [2.05, 4.69) is 29.0 Å².